The molecule has 2 aromatic rings. The average molecular weight is 303 g/mol. The fraction of sp³-hybridized carbons (Fsp3) is 0.294. The summed E-state index contributed by atoms with van der Waals surface area (Å²) in [7, 11) is 0. The van der Waals surface area contributed by atoms with Crippen LogP contribution in [0.3, 0.4) is 0 Å². The van der Waals surface area contributed by atoms with Gasteiger partial charge in [-0.05, 0) is 36.0 Å². The van der Waals surface area contributed by atoms with Crippen molar-refractivity contribution in [2.45, 2.75) is 31.0 Å². The third-order valence-corrected chi connectivity index (χ3v) is 4.27. The second kappa shape index (κ2) is 6.75. The summed E-state index contributed by atoms with van der Waals surface area (Å²) >= 11 is 3.77. The van der Waals surface area contributed by atoms with Crippen LogP contribution in [0.25, 0.3) is 0 Å². The SMILES string of the molecule is CCc1ccc(CCC(Br)c2ccccc2)cc1. The molecule has 0 spiro atoms. The molecule has 2 rings (SSSR count). The molecule has 0 bridgehead atoms. The smallest absolute Gasteiger partial charge is 0.0398 e. The van der Waals surface area contributed by atoms with Crippen LogP contribution in [0, 0.1) is 0 Å². The maximum absolute atomic E-state index is 3.77. The molecule has 1 heteroatoms. The largest absolute Gasteiger partial charge is 0.0839 e. The van der Waals surface area contributed by atoms with Crippen molar-refractivity contribution in [3.8, 4) is 0 Å². The molecule has 2 aromatic carbocycles. The van der Waals surface area contributed by atoms with Crippen LogP contribution in [0.5, 0.6) is 0 Å². The normalized spacial score (nSPS) is 12.3. The maximum atomic E-state index is 3.77. The van der Waals surface area contributed by atoms with Crippen LogP contribution in [0.2, 0.25) is 0 Å². The minimum atomic E-state index is 0.449. The van der Waals surface area contributed by atoms with E-state index < -0.39 is 0 Å². The Morgan fingerprint density at radius 1 is 0.889 bits per heavy atom. The van der Waals surface area contributed by atoms with Crippen LogP contribution >= 0.6 is 15.9 Å². The minimum absolute atomic E-state index is 0.449. The first kappa shape index (κ1) is 13.4. The first-order valence-electron chi connectivity index (χ1n) is 6.56. The van der Waals surface area contributed by atoms with Gasteiger partial charge in [-0.15, -0.1) is 0 Å². The summed E-state index contributed by atoms with van der Waals surface area (Å²) in [5, 5.41) is 0. The quantitative estimate of drug-likeness (QED) is 0.656. The Balaban J connectivity index is 1.91. The van der Waals surface area contributed by atoms with Gasteiger partial charge in [0.25, 0.3) is 0 Å². The van der Waals surface area contributed by atoms with Gasteiger partial charge in [-0.1, -0.05) is 77.5 Å². The predicted octanol–water partition coefficient (Wildman–Crippen LogP) is 5.32. The van der Waals surface area contributed by atoms with Gasteiger partial charge in [0.05, 0.1) is 0 Å². The lowest BCUT2D eigenvalue weighted by Crippen LogP contribution is -1.93. The fourth-order valence-electron chi connectivity index (χ4n) is 2.06. The molecule has 0 nitrogen and oxygen atoms in total. The fourth-order valence-corrected chi connectivity index (χ4v) is 2.60. The van der Waals surface area contributed by atoms with Gasteiger partial charge in [0.1, 0.15) is 0 Å². The lowest BCUT2D eigenvalue weighted by Gasteiger charge is -2.10. The molecule has 0 saturated heterocycles. The van der Waals surface area contributed by atoms with Crippen LogP contribution in [-0.4, -0.2) is 0 Å². The monoisotopic (exact) mass is 302 g/mol. The average Bonchev–Trinajstić information content (AvgIpc) is 2.46. The molecule has 0 aromatic heterocycles. The standard InChI is InChI=1S/C17H19Br/c1-2-14-8-10-15(11-9-14)12-13-17(18)16-6-4-3-5-7-16/h3-11,17H,2,12-13H2,1H3. The first-order valence-corrected chi connectivity index (χ1v) is 7.48. The van der Waals surface area contributed by atoms with Crippen molar-refractivity contribution in [2.75, 3.05) is 0 Å². The number of benzene rings is 2. The van der Waals surface area contributed by atoms with Crippen LogP contribution in [0.1, 0.15) is 34.9 Å². The zero-order valence-corrected chi connectivity index (χ0v) is 12.4. The molecular formula is C17H19Br. The Bertz CT molecular complexity index is 459. The van der Waals surface area contributed by atoms with Gasteiger partial charge in [0.15, 0.2) is 0 Å². The van der Waals surface area contributed by atoms with Gasteiger partial charge in [0, 0.05) is 4.83 Å². The first-order chi connectivity index (χ1) is 8.79. The Kier molecular flexibility index (Phi) is 5.00. The summed E-state index contributed by atoms with van der Waals surface area (Å²) in [4.78, 5) is 0.449. The molecule has 0 aliphatic carbocycles. The third kappa shape index (κ3) is 3.71. The van der Waals surface area contributed by atoms with E-state index in [2.05, 4.69) is 77.5 Å². The molecule has 0 aliphatic heterocycles. The summed E-state index contributed by atoms with van der Waals surface area (Å²) in [6.45, 7) is 2.19. The Hall–Kier alpha value is -1.08. The molecule has 0 fully saturated rings. The van der Waals surface area contributed by atoms with Gasteiger partial charge in [-0.2, -0.15) is 0 Å². The highest BCUT2D eigenvalue weighted by molar-refractivity contribution is 9.09. The highest BCUT2D eigenvalue weighted by atomic mass is 79.9. The molecule has 0 radical (unpaired) electrons. The topological polar surface area (TPSA) is 0 Å². The van der Waals surface area contributed by atoms with Crippen molar-refractivity contribution in [1.29, 1.82) is 0 Å². The molecule has 18 heavy (non-hydrogen) atoms. The van der Waals surface area contributed by atoms with E-state index in [1.54, 1.807) is 0 Å². The summed E-state index contributed by atoms with van der Waals surface area (Å²) in [5.41, 5.74) is 4.20. The van der Waals surface area contributed by atoms with Crippen LogP contribution < -0.4 is 0 Å². The van der Waals surface area contributed by atoms with Crippen molar-refractivity contribution in [3.63, 3.8) is 0 Å². The number of hydrogen-bond donors (Lipinski definition) is 0. The number of rotatable bonds is 5. The van der Waals surface area contributed by atoms with Gasteiger partial charge < -0.3 is 0 Å². The molecule has 0 N–H and O–H groups in total. The molecule has 0 saturated carbocycles. The van der Waals surface area contributed by atoms with Gasteiger partial charge in [-0.25, -0.2) is 0 Å². The Morgan fingerprint density at radius 2 is 1.50 bits per heavy atom. The second-order valence-corrected chi connectivity index (χ2v) is 5.69. The van der Waals surface area contributed by atoms with E-state index in [-0.39, 0.29) is 0 Å². The molecule has 1 atom stereocenters. The molecule has 0 aliphatic rings. The van der Waals surface area contributed by atoms with Crippen LogP contribution in [0.15, 0.2) is 54.6 Å². The zero-order valence-electron chi connectivity index (χ0n) is 10.8. The van der Waals surface area contributed by atoms with Crippen molar-refractivity contribution < 1.29 is 0 Å². The molecule has 1 unspecified atom stereocenters. The molecule has 0 amide bonds. The Labute approximate surface area is 118 Å². The van der Waals surface area contributed by atoms with Crippen molar-refractivity contribution in [1.82, 2.24) is 0 Å². The van der Waals surface area contributed by atoms with Crippen LogP contribution in [-0.2, 0) is 12.8 Å². The molecule has 94 valence electrons. The second-order valence-electron chi connectivity index (χ2n) is 4.59. The zero-order chi connectivity index (χ0) is 12.8. The maximum Gasteiger partial charge on any atom is 0.0398 e. The van der Waals surface area contributed by atoms with E-state index >= 15 is 0 Å². The van der Waals surface area contributed by atoms with Crippen molar-refractivity contribution in [3.05, 3.63) is 71.3 Å². The van der Waals surface area contributed by atoms with E-state index in [0.29, 0.717) is 4.83 Å². The summed E-state index contributed by atoms with van der Waals surface area (Å²) in [5.74, 6) is 0. The third-order valence-electron chi connectivity index (χ3n) is 3.28. The lowest BCUT2D eigenvalue weighted by molar-refractivity contribution is 0.813. The molecule has 0 heterocycles. The van der Waals surface area contributed by atoms with E-state index in [1.165, 1.54) is 16.7 Å². The lowest BCUT2D eigenvalue weighted by atomic mass is 10.0. The summed E-state index contributed by atoms with van der Waals surface area (Å²) in [6.07, 6.45) is 3.37. The number of aryl methyl sites for hydroxylation is 2. The minimum Gasteiger partial charge on any atom is -0.0839 e. The van der Waals surface area contributed by atoms with E-state index in [1.807, 2.05) is 0 Å². The van der Waals surface area contributed by atoms with Gasteiger partial charge in [0.2, 0.25) is 0 Å². The van der Waals surface area contributed by atoms with Crippen molar-refractivity contribution >= 4 is 15.9 Å². The van der Waals surface area contributed by atoms with Crippen LogP contribution in [0.4, 0.5) is 0 Å². The van der Waals surface area contributed by atoms with E-state index in [0.717, 1.165) is 19.3 Å². The van der Waals surface area contributed by atoms with Gasteiger partial charge in [-0.3, -0.25) is 0 Å². The molecular weight excluding hydrogens is 284 g/mol. The Morgan fingerprint density at radius 3 is 2.11 bits per heavy atom. The predicted molar refractivity (Wildman–Crippen MR) is 82.3 cm³/mol. The van der Waals surface area contributed by atoms with E-state index in [4.69, 9.17) is 0 Å². The number of alkyl halides is 1. The highest BCUT2D eigenvalue weighted by Gasteiger charge is 2.06. The van der Waals surface area contributed by atoms with Gasteiger partial charge >= 0.3 is 0 Å². The van der Waals surface area contributed by atoms with Crippen molar-refractivity contribution in [2.24, 2.45) is 0 Å². The summed E-state index contributed by atoms with van der Waals surface area (Å²) < 4.78 is 0. The summed E-state index contributed by atoms with van der Waals surface area (Å²) in [6, 6.07) is 19.6. The number of hydrogen-bond acceptors (Lipinski definition) is 0. The highest BCUT2D eigenvalue weighted by Crippen LogP contribution is 2.27. The number of halogens is 1. The van der Waals surface area contributed by atoms with E-state index in [9.17, 15) is 0 Å².